The number of alkyl halides is 3. The first-order valence-electron chi connectivity index (χ1n) is 7.67. The SMILES string of the molecule is O=C(CCOCC(F)(F)F)N1CCN(S(=O)(=O)c2ccccc2)CC1. The van der Waals surface area contributed by atoms with Crippen molar-refractivity contribution in [3.8, 4) is 0 Å². The predicted molar refractivity (Wildman–Crippen MR) is 83.3 cm³/mol. The Balaban J connectivity index is 1.80. The molecule has 1 fully saturated rings. The summed E-state index contributed by atoms with van der Waals surface area (Å²) in [6, 6.07) is 7.99. The fourth-order valence-electron chi connectivity index (χ4n) is 2.42. The number of ether oxygens (including phenoxy) is 1. The average Bonchev–Trinajstić information content (AvgIpc) is 2.58. The van der Waals surface area contributed by atoms with Gasteiger partial charge in [-0.15, -0.1) is 0 Å². The number of benzene rings is 1. The molecule has 0 atom stereocenters. The van der Waals surface area contributed by atoms with E-state index in [1.807, 2.05) is 0 Å². The summed E-state index contributed by atoms with van der Waals surface area (Å²) in [4.78, 5) is 13.6. The highest BCUT2D eigenvalue weighted by Gasteiger charge is 2.30. The minimum Gasteiger partial charge on any atom is -0.372 e. The fraction of sp³-hybridized carbons (Fsp3) is 0.533. The second-order valence-electron chi connectivity index (χ2n) is 5.52. The molecule has 6 nitrogen and oxygen atoms in total. The summed E-state index contributed by atoms with van der Waals surface area (Å²) in [6.07, 6.45) is -4.58. The van der Waals surface area contributed by atoms with Crippen molar-refractivity contribution in [2.45, 2.75) is 17.5 Å². The monoisotopic (exact) mass is 380 g/mol. The van der Waals surface area contributed by atoms with Crippen LogP contribution in [0.25, 0.3) is 0 Å². The molecule has 0 bridgehead atoms. The Morgan fingerprint density at radius 3 is 2.24 bits per heavy atom. The van der Waals surface area contributed by atoms with Crippen LogP contribution >= 0.6 is 0 Å². The van der Waals surface area contributed by atoms with Crippen LogP contribution in [0.1, 0.15) is 6.42 Å². The van der Waals surface area contributed by atoms with Gasteiger partial charge in [-0.25, -0.2) is 8.42 Å². The predicted octanol–water partition coefficient (Wildman–Crippen LogP) is 1.49. The Kier molecular flexibility index (Phi) is 6.42. The lowest BCUT2D eigenvalue weighted by Crippen LogP contribution is -2.50. The molecule has 2 rings (SSSR count). The Hall–Kier alpha value is -1.65. The number of amides is 1. The molecule has 0 unspecified atom stereocenters. The maximum Gasteiger partial charge on any atom is 0.411 e. The molecule has 10 heteroatoms. The lowest BCUT2D eigenvalue weighted by molar-refractivity contribution is -0.175. The first-order valence-corrected chi connectivity index (χ1v) is 9.11. The largest absolute Gasteiger partial charge is 0.411 e. The van der Waals surface area contributed by atoms with Gasteiger partial charge in [-0.2, -0.15) is 17.5 Å². The van der Waals surface area contributed by atoms with Crippen LogP contribution < -0.4 is 0 Å². The minimum atomic E-state index is -4.42. The molecular formula is C15H19F3N2O4S. The molecule has 1 amide bonds. The standard InChI is InChI=1S/C15H19F3N2O4S/c16-15(17,18)12-24-11-6-14(21)19-7-9-20(10-8-19)25(22,23)13-4-2-1-3-5-13/h1-5H,6-12H2. The number of piperazine rings is 1. The first kappa shape index (κ1) is 19.7. The number of carbonyl (C=O) groups excluding carboxylic acids is 1. The van der Waals surface area contributed by atoms with E-state index >= 15 is 0 Å². The third-order valence-electron chi connectivity index (χ3n) is 3.70. The lowest BCUT2D eigenvalue weighted by Gasteiger charge is -2.34. The van der Waals surface area contributed by atoms with Crippen molar-refractivity contribution < 1.29 is 31.1 Å². The van der Waals surface area contributed by atoms with Crippen molar-refractivity contribution in [3.05, 3.63) is 30.3 Å². The van der Waals surface area contributed by atoms with E-state index in [9.17, 15) is 26.4 Å². The topological polar surface area (TPSA) is 66.9 Å². The number of nitrogens with zero attached hydrogens (tertiary/aromatic N) is 2. The van der Waals surface area contributed by atoms with E-state index in [-0.39, 0.29) is 50.0 Å². The van der Waals surface area contributed by atoms with Crippen LogP contribution in [0.2, 0.25) is 0 Å². The highest BCUT2D eigenvalue weighted by molar-refractivity contribution is 7.89. The van der Waals surface area contributed by atoms with Crippen LogP contribution in [-0.4, -0.2) is 69.1 Å². The van der Waals surface area contributed by atoms with Crippen LogP contribution in [0.3, 0.4) is 0 Å². The van der Waals surface area contributed by atoms with Crippen molar-refractivity contribution in [2.75, 3.05) is 39.4 Å². The van der Waals surface area contributed by atoms with Gasteiger partial charge < -0.3 is 9.64 Å². The van der Waals surface area contributed by atoms with E-state index < -0.39 is 22.8 Å². The minimum absolute atomic E-state index is 0.145. The molecule has 0 saturated carbocycles. The molecule has 25 heavy (non-hydrogen) atoms. The zero-order valence-electron chi connectivity index (χ0n) is 13.4. The lowest BCUT2D eigenvalue weighted by atomic mass is 10.3. The zero-order chi connectivity index (χ0) is 18.5. The van der Waals surface area contributed by atoms with Crippen molar-refractivity contribution in [3.63, 3.8) is 0 Å². The molecule has 0 aromatic heterocycles. The highest BCUT2D eigenvalue weighted by atomic mass is 32.2. The summed E-state index contributed by atoms with van der Waals surface area (Å²) in [5.74, 6) is -0.348. The number of carbonyl (C=O) groups is 1. The Morgan fingerprint density at radius 1 is 1.08 bits per heavy atom. The van der Waals surface area contributed by atoms with Crippen molar-refractivity contribution in [2.24, 2.45) is 0 Å². The molecule has 0 radical (unpaired) electrons. The number of halogens is 3. The number of hydrogen-bond donors (Lipinski definition) is 0. The molecule has 1 aliphatic rings. The molecule has 1 aliphatic heterocycles. The van der Waals surface area contributed by atoms with Gasteiger partial charge in [0.15, 0.2) is 0 Å². The van der Waals surface area contributed by atoms with E-state index in [0.717, 1.165) is 0 Å². The van der Waals surface area contributed by atoms with Crippen molar-refractivity contribution in [1.82, 2.24) is 9.21 Å². The van der Waals surface area contributed by atoms with Gasteiger partial charge in [0.1, 0.15) is 6.61 Å². The van der Waals surface area contributed by atoms with Crippen LogP contribution in [0.15, 0.2) is 35.2 Å². The number of hydrogen-bond acceptors (Lipinski definition) is 4. The maximum atomic E-state index is 12.5. The molecule has 1 aromatic carbocycles. The Labute approximate surface area is 144 Å². The summed E-state index contributed by atoms with van der Waals surface area (Å²) in [7, 11) is -3.60. The number of sulfonamides is 1. The van der Waals surface area contributed by atoms with Crippen LogP contribution in [-0.2, 0) is 19.6 Å². The third kappa shape index (κ3) is 5.68. The van der Waals surface area contributed by atoms with Gasteiger partial charge in [-0.05, 0) is 12.1 Å². The third-order valence-corrected chi connectivity index (χ3v) is 5.61. The van der Waals surface area contributed by atoms with Gasteiger partial charge >= 0.3 is 6.18 Å². The highest BCUT2D eigenvalue weighted by Crippen LogP contribution is 2.18. The van der Waals surface area contributed by atoms with E-state index in [4.69, 9.17) is 0 Å². The van der Waals surface area contributed by atoms with Crippen molar-refractivity contribution >= 4 is 15.9 Å². The Bertz CT molecular complexity index is 672. The van der Waals surface area contributed by atoms with E-state index in [2.05, 4.69) is 4.74 Å². The van der Waals surface area contributed by atoms with Gasteiger partial charge in [-0.1, -0.05) is 18.2 Å². The normalized spacial score (nSPS) is 16.8. The van der Waals surface area contributed by atoms with Gasteiger partial charge in [0.25, 0.3) is 0 Å². The second-order valence-corrected chi connectivity index (χ2v) is 7.45. The summed E-state index contributed by atoms with van der Waals surface area (Å²) >= 11 is 0. The van der Waals surface area contributed by atoms with Gasteiger partial charge in [0, 0.05) is 26.2 Å². The molecule has 1 aromatic rings. The second kappa shape index (κ2) is 8.15. The smallest absolute Gasteiger partial charge is 0.372 e. The summed E-state index contributed by atoms with van der Waals surface area (Å²) in [5.41, 5.74) is 0. The molecule has 0 spiro atoms. The quantitative estimate of drug-likeness (QED) is 0.702. The van der Waals surface area contributed by atoms with Crippen LogP contribution in [0, 0.1) is 0 Å². The molecular weight excluding hydrogens is 361 g/mol. The molecule has 0 aliphatic carbocycles. The van der Waals surface area contributed by atoms with Crippen LogP contribution in [0.4, 0.5) is 13.2 Å². The van der Waals surface area contributed by atoms with Crippen molar-refractivity contribution in [1.29, 1.82) is 0 Å². The van der Waals surface area contributed by atoms with Gasteiger partial charge in [0.2, 0.25) is 15.9 Å². The van der Waals surface area contributed by atoms with Crippen LogP contribution in [0.5, 0.6) is 0 Å². The Morgan fingerprint density at radius 2 is 1.68 bits per heavy atom. The zero-order valence-corrected chi connectivity index (χ0v) is 14.2. The number of rotatable bonds is 6. The molecule has 1 heterocycles. The van der Waals surface area contributed by atoms with Gasteiger partial charge in [-0.3, -0.25) is 4.79 Å². The molecule has 140 valence electrons. The first-order chi connectivity index (χ1) is 11.7. The summed E-state index contributed by atoms with van der Waals surface area (Å²) in [6.45, 7) is -1.02. The molecule has 1 saturated heterocycles. The van der Waals surface area contributed by atoms with Gasteiger partial charge in [0.05, 0.1) is 17.9 Å². The average molecular weight is 380 g/mol. The van der Waals surface area contributed by atoms with E-state index in [1.165, 1.54) is 21.3 Å². The maximum absolute atomic E-state index is 12.5. The summed E-state index contributed by atoms with van der Waals surface area (Å²) in [5, 5.41) is 0. The molecule has 0 N–H and O–H groups in total. The van der Waals surface area contributed by atoms with E-state index in [0.29, 0.717) is 0 Å². The fourth-order valence-corrected chi connectivity index (χ4v) is 3.87. The summed E-state index contributed by atoms with van der Waals surface area (Å²) < 4.78 is 66.5. The van der Waals surface area contributed by atoms with E-state index in [1.54, 1.807) is 18.2 Å².